The number of aliphatic hydroxyl groups excluding tert-OH is 1. The van der Waals surface area contributed by atoms with Crippen LogP contribution in [0.25, 0.3) is 10.9 Å². The van der Waals surface area contributed by atoms with Gasteiger partial charge >= 0.3 is 0 Å². The molecule has 3 N–H and O–H groups in total. The average Bonchev–Trinajstić information content (AvgIpc) is 2.94. The number of hydrogen-bond acceptors (Lipinski definition) is 7. The Morgan fingerprint density at radius 2 is 1.95 bits per heavy atom. The number of carbonyl (C=O) groups is 1. The Morgan fingerprint density at radius 1 is 1.21 bits per heavy atom. The van der Waals surface area contributed by atoms with Crippen molar-refractivity contribution in [2.45, 2.75) is 58.3 Å². The smallest absolute Gasteiger partial charge is 0.265 e. The fraction of sp³-hybridized carbons (Fsp3) is 0.500. The van der Waals surface area contributed by atoms with Crippen LogP contribution in [0.15, 0.2) is 54.9 Å². The first-order valence-electron chi connectivity index (χ1n) is 13.4. The van der Waals surface area contributed by atoms with E-state index in [4.69, 9.17) is 4.74 Å². The number of hydrogen-bond donors (Lipinski definition) is 3. The van der Waals surface area contributed by atoms with Gasteiger partial charge in [0.2, 0.25) is 0 Å². The van der Waals surface area contributed by atoms with Gasteiger partial charge in [0.1, 0.15) is 17.9 Å². The first-order chi connectivity index (χ1) is 18.1. The van der Waals surface area contributed by atoms with Crippen molar-refractivity contribution in [3.05, 3.63) is 60.5 Å². The molecule has 1 amide bonds. The van der Waals surface area contributed by atoms with Crippen molar-refractivity contribution in [2.24, 2.45) is 16.7 Å². The Balaban J connectivity index is 1.37. The molecule has 5 rings (SSSR count). The van der Waals surface area contributed by atoms with Crippen molar-refractivity contribution in [2.75, 3.05) is 19.7 Å². The predicted octanol–water partition coefficient (Wildman–Crippen LogP) is 3.48. The molecule has 2 aliphatic heterocycles. The first-order valence-corrected chi connectivity index (χ1v) is 13.4. The highest BCUT2D eigenvalue weighted by atomic mass is 16.5. The number of pyridine rings is 1. The SMILES string of the molecule is CC1(C)C(NC(=O)C2(N3CCC(CO)CC3)C=CC=CN2)C(C)(C)C1Oc1ccc(C#N)c2ncccc12. The lowest BCUT2D eigenvalue weighted by Crippen LogP contribution is -2.77. The number of rotatable bonds is 6. The van der Waals surface area contributed by atoms with Gasteiger partial charge in [-0.1, -0.05) is 33.8 Å². The summed E-state index contributed by atoms with van der Waals surface area (Å²) < 4.78 is 6.64. The van der Waals surface area contributed by atoms with Gasteiger partial charge in [-0.15, -0.1) is 0 Å². The number of amides is 1. The summed E-state index contributed by atoms with van der Waals surface area (Å²) in [5.74, 6) is 0.886. The highest BCUT2D eigenvalue weighted by Crippen LogP contribution is 2.56. The van der Waals surface area contributed by atoms with E-state index >= 15 is 0 Å². The van der Waals surface area contributed by atoms with Gasteiger partial charge in [0, 0.05) is 48.2 Å². The molecule has 2 fully saturated rings. The number of carbonyl (C=O) groups excluding carboxylic acids is 1. The van der Waals surface area contributed by atoms with Crippen molar-refractivity contribution < 1.29 is 14.6 Å². The van der Waals surface area contributed by atoms with Crippen LogP contribution in [-0.4, -0.2) is 58.4 Å². The van der Waals surface area contributed by atoms with E-state index in [0.29, 0.717) is 16.8 Å². The number of nitrogens with zero attached hydrogens (tertiary/aromatic N) is 3. The number of nitrogens with one attached hydrogen (secondary N) is 2. The second kappa shape index (κ2) is 9.72. The van der Waals surface area contributed by atoms with E-state index in [0.717, 1.165) is 31.3 Å². The number of ether oxygens (including phenoxy) is 1. The molecule has 1 atom stereocenters. The molecule has 3 aliphatic rings. The topological polar surface area (TPSA) is 111 Å². The average molecular weight is 516 g/mol. The maximum atomic E-state index is 14.0. The van der Waals surface area contributed by atoms with E-state index in [-0.39, 0.29) is 41.4 Å². The lowest BCUT2D eigenvalue weighted by atomic mass is 9.49. The lowest BCUT2D eigenvalue weighted by molar-refractivity contribution is -0.177. The number of aliphatic hydroxyl groups is 1. The Bertz CT molecular complexity index is 1300. The minimum Gasteiger partial charge on any atom is -0.488 e. The standard InChI is InChI=1S/C30H37N5O3/c1-28(2)25(34-27(37)30(13-5-6-15-33-30)35-16-11-20(19-36)12-17-35)29(3,4)26(28)38-23-10-9-21(18-31)24-22(23)8-7-14-32-24/h5-10,13-15,20,25-26,33,36H,11-12,16-17,19H2,1-4H3,(H,34,37). The molecular formula is C30H37N5O3. The largest absolute Gasteiger partial charge is 0.488 e. The van der Waals surface area contributed by atoms with Crippen molar-refractivity contribution in [3.63, 3.8) is 0 Å². The van der Waals surface area contributed by atoms with Gasteiger partial charge in [-0.3, -0.25) is 14.7 Å². The van der Waals surface area contributed by atoms with Crippen LogP contribution in [0, 0.1) is 28.1 Å². The van der Waals surface area contributed by atoms with Gasteiger partial charge in [-0.05, 0) is 61.4 Å². The van der Waals surface area contributed by atoms with Gasteiger partial charge in [-0.25, -0.2) is 0 Å². The Morgan fingerprint density at radius 3 is 2.58 bits per heavy atom. The zero-order valence-corrected chi connectivity index (χ0v) is 22.6. The van der Waals surface area contributed by atoms with Crippen molar-refractivity contribution in [1.82, 2.24) is 20.5 Å². The van der Waals surface area contributed by atoms with Gasteiger partial charge in [0.25, 0.3) is 5.91 Å². The van der Waals surface area contributed by atoms with Crippen LogP contribution in [0.5, 0.6) is 5.75 Å². The van der Waals surface area contributed by atoms with Crippen molar-refractivity contribution >= 4 is 16.8 Å². The van der Waals surface area contributed by atoms with Crippen LogP contribution in [0.4, 0.5) is 0 Å². The maximum absolute atomic E-state index is 14.0. The number of aromatic nitrogens is 1. The van der Waals surface area contributed by atoms with Crippen LogP contribution >= 0.6 is 0 Å². The van der Waals surface area contributed by atoms with Crippen LogP contribution < -0.4 is 15.4 Å². The Labute approximate surface area is 224 Å². The molecular weight excluding hydrogens is 478 g/mol. The fourth-order valence-electron chi connectivity index (χ4n) is 6.93. The first kappa shape index (κ1) is 26.2. The molecule has 8 heteroatoms. The Hall–Kier alpha value is -3.41. The number of dihydropyridines is 1. The summed E-state index contributed by atoms with van der Waals surface area (Å²) >= 11 is 0. The van der Waals surface area contributed by atoms with E-state index < -0.39 is 5.66 Å². The lowest BCUT2D eigenvalue weighted by Gasteiger charge is -2.63. The molecule has 1 unspecified atom stereocenters. The van der Waals surface area contributed by atoms with Crippen molar-refractivity contribution in [1.29, 1.82) is 5.26 Å². The number of piperidine rings is 1. The normalized spacial score (nSPS) is 28.2. The summed E-state index contributed by atoms with van der Waals surface area (Å²) in [4.78, 5) is 20.6. The molecule has 200 valence electrons. The maximum Gasteiger partial charge on any atom is 0.265 e. The van der Waals surface area contributed by atoms with Gasteiger partial charge in [0.05, 0.1) is 11.1 Å². The molecule has 1 saturated heterocycles. The minimum atomic E-state index is -0.970. The summed E-state index contributed by atoms with van der Waals surface area (Å²) in [6.07, 6.45) is 10.8. The van der Waals surface area contributed by atoms with Crippen LogP contribution in [0.1, 0.15) is 46.1 Å². The third-order valence-electron chi connectivity index (χ3n) is 8.78. The molecule has 3 heterocycles. The molecule has 1 aliphatic carbocycles. The quantitative estimate of drug-likeness (QED) is 0.540. The van der Waals surface area contributed by atoms with E-state index in [1.165, 1.54) is 0 Å². The summed E-state index contributed by atoms with van der Waals surface area (Å²) in [5, 5.41) is 26.6. The molecule has 1 aromatic heterocycles. The van der Waals surface area contributed by atoms with E-state index in [2.05, 4.69) is 54.3 Å². The zero-order chi connectivity index (χ0) is 27.1. The summed E-state index contributed by atoms with van der Waals surface area (Å²) in [6.45, 7) is 10.2. The number of likely N-dealkylation sites (tertiary alicyclic amines) is 1. The summed E-state index contributed by atoms with van der Waals surface area (Å²) in [5.41, 5.74) is -0.549. The molecule has 2 aromatic rings. The zero-order valence-electron chi connectivity index (χ0n) is 22.6. The highest BCUT2D eigenvalue weighted by Gasteiger charge is 2.65. The molecule has 38 heavy (non-hydrogen) atoms. The van der Waals surface area contributed by atoms with E-state index in [1.54, 1.807) is 12.3 Å². The molecule has 8 nitrogen and oxygen atoms in total. The second-order valence-electron chi connectivity index (χ2n) is 11.9. The van der Waals surface area contributed by atoms with Crippen LogP contribution in [0.2, 0.25) is 0 Å². The summed E-state index contributed by atoms with van der Waals surface area (Å²) in [7, 11) is 0. The monoisotopic (exact) mass is 515 g/mol. The third-order valence-corrected chi connectivity index (χ3v) is 8.78. The third kappa shape index (κ3) is 4.14. The predicted molar refractivity (Wildman–Crippen MR) is 146 cm³/mol. The highest BCUT2D eigenvalue weighted by molar-refractivity contribution is 5.90. The molecule has 1 aromatic carbocycles. The van der Waals surface area contributed by atoms with E-state index in [9.17, 15) is 15.2 Å². The number of nitriles is 1. The van der Waals surface area contributed by atoms with Gasteiger partial charge < -0.3 is 20.5 Å². The van der Waals surface area contributed by atoms with Crippen molar-refractivity contribution in [3.8, 4) is 11.8 Å². The fourth-order valence-corrected chi connectivity index (χ4v) is 6.93. The van der Waals surface area contributed by atoms with Crippen LogP contribution in [0.3, 0.4) is 0 Å². The summed E-state index contributed by atoms with van der Waals surface area (Å²) in [6, 6.07) is 9.44. The Kier molecular flexibility index (Phi) is 6.70. The number of allylic oxidation sites excluding steroid dienone is 2. The molecule has 1 saturated carbocycles. The van der Waals surface area contributed by atoms with E-state index in [1.807, 2.05) is 42.6 Å². The minimum absolute atomic E-state index is 0.0850. The van der Waals surface area contributed by atoms with Crippen LogP contribution in [-0.2, 0) is 4.79 Å². The molecule has 0 bridgehead atoms. The second-order valence-corrected chi connectivity index (χ2v) is 11.9. The molecule has 0 radical (unpaired) electrons. The van der Waals surface area contributed by atoms with Gasteiger partial charge in [0.15, 0.2) is 5.66 Å². The molecule has 0 spiro atoms. The van der Waals surface area contributed by atoms with Gasteiger partial charge in [-0.2, -0.15) is 5.26 Å². The number of benzene rings is 1. The number of fused-ring (bicyclic) bond motifs is 1.